The van der Waals surface area contributed by atoms with E-state index in [0.717, 1.165) is 44.2 Å². The van der Waals surface area contributed by atoms with Gasteiger partial charge in [-0.15, -0.1) is 0 Å². The van der Waals surface area contributed by atoms with Crippen LogP contribution in [0.1, 0.15) is 18.3 Å². The van der Waals surface area contributed by atoms with E-state index in [2.05, 4.69) is 16.9 Å². The number of aryl methyl sites for hydroxylation is 2. The maximum Gasteiger partial charge on any atom is 0.260 e. The van der Waals surface area contributed by atoms with Crippen LogP contribution in [0.3, 0.4) is 0 Å². The second-order valence-corrected chi connectivity index (χ2v) is 6.13. The molecule has 1 saturated heterocycles. The highest BCUT2D eigenvalue weighted by Gasteiger charge is 2.24. The second kappa shape index (κ2) is 7.79. The molecule has 23 heavy (non-hydrogen) atoms. The predicted octanol–water partition coefficient (Wildman–Crippen LogP) is 0.595. The quantitative estimate of drug-likeness (QED) is 0.767. The Labute approximate surface area is 138 Å². The summed E-state index contributed by atoms with van der Waals surface area (Å²) >= 11 is 0. The zero-order valence-corrected chi connectivity index (χ0v) is 14.8. The fourth-order valence-electron chi connectivity index (χ4n) is 2.95. The number of hydrogen-bond acceptors (Lipinski definition) is 5. The maximum atomic E-state index is 12.3. The van der Waals surface area contributed by atoms with Crippen LogP contribution in [0, 0.1) is 13.8 Å². The summed E-state index contributed by atoms with van der Waals surface area (Å²) in [6, 6.07) is 0.384. The Morgan fingerprint density at radius 1 is 1.26 bits per heavy atom. The Morgan fingerprint density at radius 2 is 1.91 bits per heavy atom. The molecule has 0 bridgehead atoms. The molecule has 1 aliphatic rings. The molecule has 0 aromatic carbocycles. The van der Waals surface area contributed by atoms with Gasteiger partial charge in [0.1, 0.15) is 5.69 Å². The zero-order chi connectivity index (χ0) is 17.0. The van der Waals surface area contributed by atoms with Crippen LogP contribution >= 0.6 is 0 Å². The zero-order valence-electron chi connectivity index (χ0n) is 14.8. The normalized spacial score (nSPS) is 17.3. The number of amides is 1. The van der Waals surface area contributed by atoms with Gasteiger partial charge in [-0.25, -0.2) is 0 Å². The fourth-order valence-corrected chi connectivity index (χ4v) is 2.95. The molecule has 0 N–H and O–H groups in total. The van der Waals surface area contributed by atoms with Crippen molar-refractivity contribution in [3.05, 3.63) is 11.4 Å². The number of rotatable bonds is 6. The van der Waals surface area contributed by atoms with E-state index in [1.807, 2.05) is 25.8 Å². The average molecular weight is 324 g/mol. The Balaban J connectivity index is 1.81. The van der Waals surface area contributed by atoms with Crippen molar-refractivity contribution in [3.8, 4) is 5.75 Å². The van der Waals surface area contributed by atoms with E-state index < -0.39 is 0 Å². The molecule has 0 unspecified atom stereocenters. The van der Waals surface area contributed by atoms with E-state index in [4.69, 9.17) is 9.47 Å². The minimum absolute atomic E-state index is 0.0340. The molecule has 7 nitrogen and oxygen atoms in total. The van der Waals surface area contributed by atoms with E-state index in [1.165, 1.54) is 0 Å². The van der Waals surface area contributed by atoms with Crippen molar-refractivity contribution in [1.82, 2.24) is 19.6 Å². The van der Waals surface area contributed by atoms with E-state index in [0.29, 0.717) is 11.8 Å². The van der Waals surface area contributed by atoms with Gasteiger partial charge in [0, 0.05) is 46.4 Å². The average Bonchev–Trinajstić information content (AvgIpc) is 2.78. The summed E-state index contributed by atoms with van der Waals surface area (Å²) in [5, 5.41) is 4.30. The maximum absolute atomic E-state index is 12.3. The summed E-state index contributed by atoms with van der Waals surface area (Å²) in [7, 11) is 3.59. The van der Waals surface area contributed by atoms with E-state index >= 15 is 0 Å². The first-order valence-corrected chi connectivity index (χ1v) is 8.07. The van der Waals surface area contributed by atoms with Gasteiger partial charge in [0.25, 0.3) is 5.91 Å². The summed E-state index contributed by atoms with van der Waals surface area (Å²) in [6.07, 6.45) is 0. The molecule has 0 saturated carbocycles. The number of ether oxygens (including phenoxy) is 2. The molecule has 1 amide bonds. The molecule has 0 spiro atoms. The van der Waals surface area contributed by atoms with Crippen LogP contribution in [0.25, 0.3) is 0 Å². The van der Waals surface area contributed by atoms with Crippen molar-refractivity contribution in [1.29, 1.82) is 0 Å². The summed E-state index contributed by atoms with van der Waals surface area (Å²) in [5.74, 6) is 0.750. The third-order valence-electron chi connectivity index (χ3n) is 4.48. The highest BCUT2D eigenvalue weighted by molar-refractivity contribution is 5.78. The highest BCUT2D eigenvalue weighted by atomic mass is 16.5. The number of nitrogens with zero attached hydrogens (tertiary/aromatic N) is 4. The molecule has 1 aliphatic heterocycles. The van der Waals surface area contributed by atoms with Crippen LogP contribution in [0.5, 0.6) is 5.75 Å². The highest BCUT2D eigenvalue weighted by Crippen LogP contribution is 2.21. The van der Waals surface area contributed by atoms with Gasteiger partial charge in [-0.2, -0.15) is 5.10 Å². The number of methoxy groups -OCH3 is 1. The topological polar surface area (TPSA) is 59.8 Å². The molecule has 0 aliphatic carbocycles. The van der Waals surface area contributed by atoms with Gasteiger partial charge in [0.2, 0.25) is 0 Å². The van der Waals surface area contributed by atoms with Crippen molar-refractivity contribution in [2.75, 3.05) is 46.5 Å². The van der Waals surface area contributed by atoms with Gasteiger partial charge < -0.3 is 14.4 Å². The molecule has 1 aromatic rings. The van der Waals surface area contributed by atoms with Gasteiger partial charge in [-0.05, 0) is 20.8 Å². The van der Waals surface area contributed by atoms with Crippen LogP contribution < -0.4 is 4.74 Å². The van der Waals surface area contributed by atoms with E-state index in [1.54, 1.807) is 11.8 Å². The minimum atomic E-state index is 0.0340. The van der Waals surface area contributed by atoms with Crippen molar-refractivity contribution in [2.45, 2.75) is 26.8 Å². The van der Waals surface area contributed by atoms with Gasteiger partial charge in [0.05, 0.1) is 12.3 Å². The summed E-state index contributed by atoms with van der Waals surface area (Å²) < 4.78 is 12.7. The Morgan fingerprint density at radius 3 is 2.43 bits per heavy atom. The van der Waals surface area contributed by atoms with Crippen LogP contribution in [0.15, 0.2) is 0 Å². The molecular weight excluding hydrogens is 296 g/mol. The van der Waals surface area contributed by atoms with Crippen molar-refractivity contribution < 1.29 is 14.3 Å². The minimum Gasteiger partial charge on any atom is -0.480 e. The smallest absolute Gasteiger partial charge is 0.260 e. The summed E-state index contributed by atoms with van der Waals surface area (Å²) in [5.41, 5.74) is 1.75. The second-order valence-electron chi connectivity index (χ2n) is 6.13. The Hall–Kier alpha value is -1.60. The lowest BCUT2D eigenvalue weighted by atomic mass is 10.2. The van der Waals surface area contributed by atoms with Crippen molar-refractivity contribution in [2.24, 2.45) is 7.05 Å². The first-order chi connectivity index (χ1) is 10.9. The van der Waals surface area contributed by atoms with E-state index in [9.17, 15) is 4.79 Å². The number of aromatic nitrogens is 2. The van der Waals surface area contributed by atoms with Gasteiger partial charge >= 0.3 is 0 Å². The Bertz CT molecular complexity index is 536. The third kappa shape index (κ3) is 4.23. The molecule has 7 heteroatoms. The van der Waals surface area contributed by atoms with Gasteiger partial charge in [-0.3, -0.25) is 14.4 Å². The van der Waals surface area contributed by atoms with Crippen LogP contribution in [0.4, 0.5) is 0 Å². The predicted molar refractivity (Wildman–Crippen MR) is 87.7 cm³/mol. The van der Waals surface area contributed by atoms with Gasteiger partial charge in [0.15, 0.2) is 12.4 Å². The fraction of sp³-hybridized carbons (Fsp3) is 0.750. The first kappa shape index (κ1) is 17.7. The molecule has 0 radical (unpaired) electrons. The lowest BCUT2D eigenvalue weighted by Crippen LogP contribution is -2.53. The molecule has 1 atom stereocenters. The van der Waals surface area contributed by atoms with Crippen molar-refractivity contribution in [3.63, 3.8) is 0 Å². The molecule has 2 heterocycles. The SMILES string of the molecule is COC[C@H](C)N1CCN(C(=O)COc2c(C)nn(C)c2C)CC1. The molecule has 2 rings (SSSR count). The largest absolute Gasteiger partial charge is 0.480 e. The molecule has 1 fully saturated rings. The third-order valence-corrected chi connectivity index (χ3v) is 4.48. The van der Waals surface area contributed by atoms with Crippen LogP contribution in [-0.2, 0) is 16.6 Å². The van der Waals surface area contributed by atoms with Gasteiger partial charge in [-0.1, -0.05) is 0 Å². The lowest BCUT2D eigenvalue weighted by molar-refractivity contribution is -0.135. The number of carbonyl (C=O) groups excluding carboxylic acids is 1. The summed E-state index contributed by atoms with van der Waals surface area (Å²) in [6.45, 7) is 10.00. The van der Waals surface area contributed by atoms with Crippen LogP contribution in [0.2, 0.25) is 0 Å². The van der Waals surface area contributed by atoms with E-state index in [-0.39, 0.29) is 12.5 Å². The standard InChI is InChI=1S/C16H28N4O3/c1-12(10-22-5)19-6-8-20(9-7-19)15(21)11-23-16-13(2)17-18(4)14(16)3/h12H,6-11H2,1-5H3/t12-/m0/s1. The molecular formula is C16H28N4O3. The molecule has 1 aromatic heterocycles. The van der Waals surface area contributed by atoms with Crippen molar-refractivity contribution >= 4 is 5.91 Å². The lowest BCUT2D eigenvalue weighted by Gasteiger charge is -2.37. The molecule has 130 valence electrons. The van der Waals surface area contributed by atoms with Crippen LogP contribution in [-0.4, -0.2) is 78.0 Å². The first-order valence-electron chi connectivity index (χ1n) is 8.07. The number of piperazine rings is 1. The monoisotopic (exact) mass is 324 g/mol. The summed E-state index contributed by atoms with van der Waals surface area (Å²) in [4.78, 5) is 16.6. The Kier molecular flexibility index (Phi) is 6.01. The number of hydrogen-bond donors (Lipinski definition) is 0. The number of carbonyl (C=O) groups is 1.